The molecule has 0 atom stereocenters. The average Bonchev–Trinajstić information content (AvgIpc) is 3.12. The highest BCUT2D eigenvalue weighted by molar-refractivity contribution is 9.10. The summed E-state index contributed by atoms with van der Waals surface area (Å²) in [6, 6.07) is 13.5. The van der Waals surface area contributed by atoms with Gasteiger partial charge in [0, 0.05) is 21.2 Å². The number of allylic oxidation sites excluding steroid dienone is 1. The minimum atomic E-state index is -0.594. The van der Waals surface area contributed by atoms with E-state index in [0.717, 1.165) is 10.0 Å². The summed E-state index contributed by atoms with van der Waals surface area (Å²) in [7, 11) is 0. The zero-order valence-electron chi connectivity index (χ0n) is 17.3. The molecule has 33 heavy (non-hydrogen) atoms. The van der Waals surface area contributed by atoms with Crippen LogP contribution >= 0.6 is 27.5 Å². The van der Waals surface area contributed by atoms with E-state index in [2.05, 4.69) is 15.9 Å². The number of hydrogen-bond donors (Lipinski definition) is 0. The third kappa shape index (κ3) is 4.04. The van der Waals surface area contributed by atoms with Crippen molar-refractivity contribution in [1.29, 1.82) is 0 Å². The monoisotopic (exact) mass is 526 g/mol. The van der Waals surface area contributed by atoms with Crippen LogP contribution in [0.1, 0.15) is 37.4 Å². The molecular weight excluding hydrogens is 512 g/mol. The molecule has 0 unspecified atom stereocenters. The number of carbonyl (C=O) groups is 2. The fraction of sp³-hybridized carbons (Fsp3) is 0.120. The summed E-state index contributed by atoms with van der Waals surface area (Å²) >= 11 is 9.58. The number of Topliss-reactive ketones (excluding diaryl/α,β-unsaturated/α-hetero) is 1. The number of fused-ring (bicyclic) bond motifs is 2. The molecular formula is C25H16BrClO6. The van der Waals surface area contributed by atoms with Crippen molar-refractivity contribution >= 4 is 45.4 Å². The van der Waals surface area contributed by atoms with E-state index in [0.29, 0.717) is 39.8 Å². The highest BCUT2D eigenvalue weighted by atomic mass is 79.9. The van der Waals surface area contributed by atoms with Crippen molar-refractivity contribution in [2.45, 2.75) is 13.5 Å². The smallest absolute Gasteiger partial charge is 0.345 e. The molecule has 5 rings (SSSR count). The van der Waals surface area contributed by atoms with Crippen molar-refractivity contribution in [3.8, 4) is 17.2 Å². The summed E-state index contributed by atoms with van der Waals surface area (Å²) in [4.78, 5) is 25.6. The predicted octanol–water partition coefficient (Wildman–Crippen LogP) is 6.11. The van der Waals surface area contributed by atoms with Gasteiger partial charge >= 0.3 is 5.97 Å². The second kappa shape index (κ2) is 8.67. The van der Waals surface area contributed by atoms with Gasteiger partial charge in [-0.2, -0.15) is 0 Å². The number of halogens is 2. The molecule has 0 radical (unpaired) electrons. The fourth-order valence-corrected chi connectivity index (χ4v) is 4.45. The highest BCUT2D eigenvalue weighted by Gasteiger charge is 2.31. The van der Waals surface area contributed by atoms with Crippen molar-refractivity contribution in [3.05, 3.63) is 91.6 Å². The number of rotatable bonds is 3. The Balaban J connectivity index is 1.46. The maximum Gasteiger partial charge on any atom is 0.345 e. The van der Waals surface area contributed by atoms with Gasteiger partial charge in [-0.05, 0) is 49.4 Å². The standard InChI is InChI=1S/C25H16BrClO6/c1-13-20(33-25(29)17-4-2-3-5-19(17)27)7-6-18-22(28)21(32-23(13)18)10-14-8-16(26)9-15-11-30-12-31-24(14)15/h2-10H,11-12H2,1H3/b21-10-. The normalized spacial score (nSPS) is 15.5. The minimum absolute atomic E-state index is 0.138. The summed E-state index contributed by atoms with van der Waals surface area (Å²) in [5, 5.41) is 0.294. The SMILES string of the molecule is Cc1c(OC(=O)c2ccccc2Cl)ccc2c1O/C(=C\c1cc(Br)cc3c1OCOC3)C2=O. The van der Waals surface area contributed by atoms with Gasteiger partial charge in [-0.25, -0.2) is 4.79 Å². The molecule has 3 aromatic carbocycles. The lowest BCUT2D eigenvalue weighted by Gasteiger charge is -2.20. The van der Waals surface area contributed by atoms with E-state index in [1.165, 1.54) is 0 Å². The first kappa shape index (κ1) is 21.7. The van der Waals surface area contributed by atoms with Crippen LogP contribution in [0.3, 0.4) is 0 Å². The van der Waals surface area contributed by atoms with Gasteiger partial charge in [0.05, 0.1) is 22.8 Å². The molecule has 0 amide bonds. The number of esters is 1. The molecule has 0 bridgehead atoms. The van der Waals surface area contributed by atoms with Crippen molar-refractivity contribution in [2.75, 3.05) is 6.79 Å². The van der Waals surface area contributed by atoms with E-state index in [-0.39, 0.29) is 29.6 Å². The van der Waals surface area contributed by atoms with Crippen molar-refractivity contribution < 1.29 is 28.5 Å². The van der Waals surface area contributed by atoms with E-state index in [4.69, 9.17) is 30.5 Å². The minimum Gasteiger partial charge on any atom is -0.467 e. The van der Waals surface area contributed by atoms with E-state index in [1.807, 2.05) is 12.1 Å². The summed E-state index contributed by atoms with van der Waals surface area (Å²) in [5.74, 6) is 0.576. The molecule has 0 N–H and O–H groups in total. The van der Waals surface area contributed by atoms with Crippen LogP contribution in [0.2, 0.25) is 5.02 Å². The van der Waals surface area contributed by atoms with E-state index in [9.17, 15) is 9.59 Å². The molecule has 2 aliphatic rings. The first-order valence-corrected chi connectivity index (χ1v) is 11.2. The predicted molar refractivity (Wildman–Crippen MR) is 125 cm³/mol. The summed E-state index contributed by atoms with van der Waals surface area (Å²) in [6.07, 6.45) is 1.64. The molecule has 2 heterocycles. The Morgan fingerprint density at radius 2 is 1.97 bits per heavy atom. The summed E-state index contributed by atoms with van der Waals surface area (Å²) < 4.78 is 23.3. The lowest BCUT2D eigenvalue weighted by molar-refractivity contribution is -0.0165. The Hall–Kier alpha value is -3.13. The number of benzene rings is 3. The number of ketones is 1. The third-order valence-electron chi connectivity index (χ3n) is 5.32. The number of ether oxygens (including phenoxy) is 4. The van der Waals surface area contributed by atoms with Gasteiger partial charge in [-0.3, -0.25) is 4.79 Å². The van der Waals surface area contributed by atoms with E-state index >= 15 is 0 Å². The Bertz CT molecular complexity index is 1350. The van der Waals surface area contributed by atoms with Gasteiger partial charge in [0.2, 0.25) is 5.78 Å². The zero-order chi connectivity index (χ0) is 23.1. The Morgan fingerprint density at radius 1 is 1.15 bits per heavy atom. The van der Waals surface area contributed by atoms with Crippen molar-refractivity contribution in [1.82, 2.24) is 0 Å². The summed E-state index contributed by atoms with van der Waals surface area (Å²) in [6.45, 7) is 2.28. The Morgan fingerprint density at radius 3 is 2.79 bits per heavy atom. The zero-order valence-corrected chi connectivity index (χ0v) is 19.7. The van der Waals surface area contributed by atoms with Crippen LogP contribution in [-0.4, -0.2) is 18.5 Å². The van der Waals surface area contributed by atoms with Gasteiger partial charge in [-0.1, -0.05) is 39.7 Å². The van der Waals surface area contributed by atoms with Crippen LogP contribution < -0.4 is 14.2 Å². The highest BCUT2D eigenvalue weighted by Crippen LogP contribution is 2.41. The molecule has 0 fully saturated rings. The van der Waals surface area contributed by atoms with Crippen molar-refractivity contribution in [2.24, 2.45) is 0 Å². The molecule has 0 saturated heterocycles. The largest absolute Gasteiger partial charge is 0.467 e. The first-order valence-electron chi connectivity index (χ1n) is 10.00. The lowest BCUT2D eigenvalue weighted by atomic mass is 10.0. The van der Waals surface area contributed by atoms with Crippen LogP contribution in [0.4, 0.5) is 0 Å². The Labute approximate surface area is 202 Å². The Kier molecular flexibility index (Phi) is 5.70. The van der Waals surface area contributed by atoms with Crippen LogP contribution in [0.15, 0.2) is 58.8 Å². The number of hydrogen-bond acceptors (Lipinski definition) is 6. The summed E-state index contributed by atoms with van der Waals surface area (Å²) in [5.41, 5.74) is 2.74. The van der Waals surface area contributed by atoms with Gasteiger partial charge in [-0.15, -0.1) is 0 Å². The molecule has 6 nitrogen and oxygen atoms in total. The molecule has 0 aliphatic carbocycles. The van der Waals surface area contributed by atoms with Gasteiger partial charge in [0.25, 0.3) is 0 Å². The quantitative estimate of drug-likeness (QED) is 0.232. The first-order chi connectivity index (χ1) is 15.9. The molecule has 3 aromatic rings. The van der Waals surface area contributed by atoms with Crippen molar-refractivity contribution in [3.63, 3.8) is 0 Å². The molecule has 0 aromatic heterocycles. The molecule has 2 aliphatic heterocycles. The molecule has 0 spiro atoms. The average molecular weight is 528 g/mol. The third-order valence-corrected chi connectivity index (χ3v) is 6.11. The van der Waals surface area contributed by atoms with Crippen LogP contribution in [0.25, 0.3) is 6.08 Å². The fourth-order valence-electron chi connectivity index (χ4n) is 3.72. The van der Waals surface area contributed by atoms with Crippen LogP contribution in [-0.2, 0) is 11.3 Å². The second-order valence-electron chi connectivity index (χ2n) is 7.47. The van der Waals surface area contributed by atoms with Gasteiger partial charge < -0.3 is 18.9 Å². The van der Waals surface area contributed by atoms with Gasteiger partial charge in [0.15, 0.2) is 12.6 Å². The molecule has 166 valence electrons. The van der Waals surface area contributed by atoms with Crippen LogP contribution in [0, 0.1) is 6.92 Å². The topological polar surface area (TPSA) is 71.1 Å². The number of carbonyl (C=O) groups excluding carboxylic acids is 2. The van der Waals surface area contributed by atoms with E-state index in [1.54, 1.807) is 49.4 Å². The maximum absolute atomic E-state index is 13.0. The molecule has 0 saturated carbocycles. The second-order valence-corrected chi connectivity index (χ2v) is 8.79. The van der Waals surface area contributed by atoms with Crippen LogP contribution in [0.5, 0.6) is 17.2 Å². The lowest BCUT2D eigenvalue weighted by Crippen LogP contribution is -2.12. The maximum atomic E-state index is 13.0. The van der Waals surface area contributed by atoms with Gasteiger partial charge in [0.1, 0.15) is 17.2 Å². The van der Waals surface area contributed by atoms with E-state index < -0.39 is 5.97 Å². The molecule has 8 heteroatoms.